The van der Waals surface area contributed by atoms with Crippen LogP contribution >= 0.6 is 0 Å². The number of hydrogen-bond acceptors (Lipinski definition) is 4. The summed E-state index contributed by atoms with van der Waals surface area (Å²) in [6.45, 7) is 1.66. The highest BCUT2D eigenvalue weighted by Crippen LogP contribution is 2.25. The summed E-state index contributed by atoms with van der Waals surface area (Å²) < 4.78 is 9.84. The van der Waals surface area contributed by atoms with Crippen molar-refractivity contribution >= 4 is 18.0 Å². The van der Waals surface area contributed by atoms with Crippen molar-refractivity contribution in [1.82, 2.24) is 5.32 Å². The van der Waals surface area contributed by atoms with Gasteiger partial charge in [0.1, 0.15) is 5.75 Å². The Kier molecular flexibility index (Phi) is 3.89. The maximum Gasteiger partial charge on any atom is 0.340 e. The Morgan fingerprint density at radius 2 is 2.05 bits per heavy atom. The van der Waals surface area contributed by atoms with Crippen LogP contribution in [0, 0.1) is 0 Å². The van der Waals surface area contributed by atoms with Gasteiger partial charge in [-0.05, 0) is 30.7 Å². The van der Waals surface area contributed by atoms with E-state index in [9.17, 15) is 9.59 Å². The fraction of sp³-hybridized carbons (Fsp3) is 0.200. The number of benzene rings is 1. The topological polar surface area (TPSA) is 64.6 Å². The second-order valence-electron chi connectivity index (χ2n) is 4.28. The summed E-state index contributed by atoms with van der Waals surface area (Å²) in [6, 6.07) is 7.22. The van der Waals surface area contributed by atoms with Gasteiger partial charge in [-0.3, -0.25) is 4.79 Å². The third-order valence-electron chi connectivity index (χ3n) is 2.98. The molecular formula is C15H15NO4. The number of hydrogen-bond donors (Lipinski definition) is 1. The van der Waals surface area contributed by atoms with Crippen LogP contribution < -0.4 is 10.1 Å². The maximum atomic E-state index is 11.9. The zero-order valence-corrected chi connectivity index (χ0v) is 11.5. The summed E-state index contributed by atoms with van der Waals surface area (Å²) in [5, 5.41) is 2.62. The molecule has 1 N–H and O–H groups in total. The number of rotatable bonds is 3. The second-order valence-corrected chi connectivity index (χ2v) is 4.28. The zero-order chi connectivity index (χ0) is 14.7. The molecule has 1 aromatic carbocycles. The van der Waals surface area contributed by atoms with E-state index in [-0.39, 0.29) is 11.5 Å². The van der Waals surface area contributed by atoms with Gasteiger partial charge in [-0.25, -0.2) is 4.79 Å². The van der Waals surface area contributed by atoms with Gasteiger partial charge in [-0.2, -0.15) is 0 Å². The molecule has 0 saturated heterocycles. The third-order valence-corrected chi connectivity index (χ3v) is 2.98. The molecule has 0 atom stereocenters. The lowest BCUT2D eigenvalue weighted by Crippen LogP contribution is -2.15. The van der Waals surface area contributed by atoms with E-state index >= 15 is 0 Å². The van der Waals surface area contributed by atoms with Crippen LogP contribution in [0.25, 0.3) is 6.08 Å². The highest BCUT2D eigenvalue weighted by molar-refractivity contribution is 6.16. The quantitative estimate of drug-likeness (QED) is 0.672. The Balaban J connectivity index is 2.45. The molecule has 0 aromatic heterocycles. The van der Waals surface area contributed by atoms with E-state index < -0.39 is 5.97 Å². The smallest absolute Gasteiger partial charge is 0.340 e. The molecule has 5 nitrogen and oxygen atoms in total. The van der Waals surface area contributed by atoms with Crippen molar-refractivity contribution in [3.8, 4) is 5.75 Å². The minimum atomic E-state index is -0.532. The lowest BCUT2D eigenvalue weighted by molar-refractivity contribution is -0.136. The molecule has 0 aliphatic carbocycles. The monoisotopic (exact) mass is 273 g/mol. The van der Waals surface area contributed by atoms with E-state index in [0.29, 0.717) is 17.0 Å². The van der Waals surface area contributed by atoms with Gasteiger partial charge in [-0.1, -0.05) is 12.1 Å². The Morgan fingerprint density at radius 1 is 1.30 bits per heavy atom. The molecule has 0 fully saturated rings. The summed E-state index contributed by atoms with van der Waals surface area (Å²) in [7, 11) is 2.85. The van der Waals surface area contributed by atoms with Crippen LogP contribution in [0.2, 0.25) is 0 Å². The predicted octanol–water partition coefficient (Wildman–Crippen LogP) is 1.66. The molecule has 1 heterocycles. The minimum absolute atomic E-state index is 0.264. The van der Waals surface area contributed by atoms with Crippen molar-refractivity contribution in [2.75, 3.05) is 14.2 Å². The first-order chi connectivity index (χ1) is 9.56. The fourth-order valence-corrected chi connectivity index (χ4v) is 2.02. The lowest BCUT2D eigenvalue weighted by Gasteiger charge is -2.04. The van der Waals surface area contributed by atoms with E-state index in [2.05, 4.69) is 5.32 Å². The van der Waals surface area contributed by atoms with Gasteiger partial charge in [0.15, 0.2) is 0 Å². The van der Waals surface area contributed by atoms with Crippen molar-refractivity contribution < 1.29 is 19.1 Å². The molecular weight excluding hydrogens is 258 g/mol. The standard InChI is InChI=1S/C15H15NO4/c1-9-13(15(18)20-3)12(14(17)16-9)8-10-5-4-6-11(7-10)19-2/h4-8H,1-3H3,(H,16,17)/b12-8-. The SMILES string of the molecule is COC(=O)C1=C(C)NC(=O)/C1=C\c1cccc(OC)c1. The molecule has 20 heavy (non-hydrogen) atoms. The van der Waals surface area contributed by atoms with Crippen molar-refractivity contribution in [3.63, 3.8) is 0 Å². The number of ether oxygens (including phenoxy) is 2. The molecule has 0 unspecified atom stereocenters. The van der Waals surface area contributed by atoms with E-state index in [1.165, 1.54) is 7.11 Å². The van der Waals surface area contributed by atoms with Crippen LogP contribution in [0.5, 0.6) is 5.75 Å². The number of esters is 1. The number of carbonyl (C=O) groups excluding carboxylic acids is 2. The summed E-state index contributed by atoms with van der Waals surface area (Å²) in [5.74, 6) is -0.168. The molecule has 1 aromatic rings. The second kappa shape index (κ2) is 5.61. The largest absolute Gasteiger partial charge is 0.497 e. The van der Waals surface area contributed by atoms with Gasteiger partial charge < -0.3 is 14.8 Å². The summed E-state index contributed by atoms with van der Waals surface area (Å²) in [4.78, 5) is 23.7. The Bertz CT molecular complexity index is 629. The van der Waals surface area contributed by atoms with Crippen molar-refractivity contribution in [3.05, 3.63) is 46.7 Å². The average molecular weight is 273 g/mol. The van der Waals surface area contributed by atoms with E-state index in [4.69, 9.17) is 9.47 Å². The van der Waals surface area contributed by atoms with Crippen LogP contribution in [0.4, 0.5) is 0 Å². The zero-order valence-electron chi connectivity index (χ0n) is 11.5. The van der Waals surface area contributed by atoms with Crippen molar-refractivity contribution in [2.24, 2.45) is 0 Å². The third kappa shape index (κ3) is 2.56. The molecule has 5 heteroatoms. The molecule has 1 aliphatic rings. The fourth-order valence-electron chi connectivity index (χ4n) is 2.02. The summed E-state index contributed by atoms with van der Waals surface area (Å²) >= 11 is 0. The molecule has 1 amide bonds. The first kappa shape index (κ1) is 13.9. The first-order valence-electron chi connectivity index (χ1n) is 6.03. The van der Waals surface area contributed by atoms with Gasteiger partial charge in [0.2, 0.25) is 0 Å². The average Bonchev–Trinajstić information content (AvgIpc) is 2.73. The Morgan fingerprint density at radius 3 is 2.70 bits per heavy atom. The maximum absolute atomic E-state index is 11.9. The lowest BCUT2D eigenvalue weighted by atomic mass is 10.0. The van der Waals surface area contributed by atoms with E-state index in [1.54, 1.807) is 32.2 Å². The number of allylic oxidation sites excluding steroid dienone is 1. The molecule has 1 aliphatic heterocycles. The number of nitrogens with one attached hydrogen (secondary N) is 1. The Hall–Kier alpha value is -2.56. The number of amides is 1. The van der Waals surface area contributed by atoms with Gasteiger partial charge >= 0.3 is 5.97 Å². The molecule has 0 bridgehead atoms. The van der Waals surface area contributed by atoms with Gasteiger partial charge in [0.05, 0.1) is 25.4 Å². The first-order valence-corrected chi connectivity index (χ1v) is 6.03. The van der Waals surface area contributed by atoms with Crippen molar-refractivity contribution in [1.29, 1.82) is 0 Å². The van der Waals surface area contributed by atoms with Crippen LogP contribution in [-0.4, -0.2) is 26.1 Å². The van der Waals surface area contributed by atoms with Crippen LogP contribution in [0.15, 0.2) is 41.1 Å². The van der Waals surface area contributed by atoms with Crippen LogP contribution in [0.3, 0.4) is 0 Å². The number of methoxy groups -OCH3 is 2. The van der Waals surface area contributed by atoms with Crippen molar-refractivity contribution in [2.45, 2.75) is 6.92 Å². The highest BCUT2D eigenvalue weighted by Gasteiger charge is 2.30. The van der Waals surface area contributed by atoms with Gasteiger partial charge in [0, 0.05) is 5.70 Å². The van der Waals surface area contributed by atoms with Crippen LogP contribution in [0.1, 0.15) is 12.5 Å². The number of carbonyl (C=O) groups is 2. The molecule has 104 valence electrons. The summed E-state index contributed by atoms with van der Waals surface area (Å²) in [5.41, 5.74) is 1.82. The Labute approximate surface area is 116 Å². The molecule has 0 radical (unpaired) electrons. The van der Waals surface area contributed by atoms with E-state index in [1.807, 2.05) is 12.1 Å². The van der Waals surface area contributed by atoms with Gasteiger partial charge in [0.25, 0.3) is 5.91 Å². The van der Waals surface area contributed by atoms with Gasteiger partial charge in [-0.15, -0.1) is 0 Å². The van der Waals surface area contributed by atoms with Crippen LogP contribution in [-0.2, 0) is 14.3 Å². The molecule has 0 spiro atoms. The molecule has 2 rings (SSSR count). The normalized spacial score (nSPS) is 16.4. The minimum Gasteiger partial charge on any atom is -0.497 e. The predicted molar refractivity (Wildman–Crippen MR) is 73.8 cm³/mol. The molecule has 0 saturated carbocycles. The highest BCUT2D eigenvalue weighted by atomic mass is 16.5. The summed E-state index contributed by atoms with van der Waals surface area (Å²) in [6.07, 6.45) is 1.64. The van der Waals surface area contributed by atoms with E-state index in [0.717, 1.165) is 5.56 Å².